The van der Waals surface area contributed by atoms with E-state index in [9.17, 15) is 8.42 Å². The summed E-state index contributed by atoms with van der Waals surface area (Å²) in [5.41, 5.74) is 9.13. The van der Waals surface area contributed by atoms with E-state index in [0.717, 1.165) is 5.56 Å². The number of benzene rings is 1. The van der Waals surface area contributed by atoms with Gasteiger partial charge in [0, 0.05) is 11.5 Å². The Bertz CT molecular complexity index is 573. The molecule has 0 radical (unpaired) electrons. The number of azide groups is 1. The fraction of sp³-hybridized carbons (Fsp3) is 0.500. The average molecular weight is 267 g/mol. The lowest BCUT2D eigenvalue weighted by molar-refractivity contribution is 0.530. The van der Waals surface area contributed by atoms with E-state index in [1.165, 1.54) is 0 Å². The zero-order valence-electron chi connectivity index (χ0n) is 10.8. The Kier molecular flexibility index (Phi) is 4.38. The van der Waals surface area contributed by atoms with Crippen molar-refractivity contribution in [2.24, 2.45) is 5.11 Å². The molecule has 0 heterocycles. The second-order valence-corrected chi connectivity index (χ2v) is 7.37. The van der Waals surface area contributed by atoms with E-state index < -0.39 is 14.6 Å². The Balaban J connectivity index is 3.09. The molecule has 0 aliphatic heterocycles. The minimum Gasteiger partial charge on any atom is -0.223 e. The average Bonchev–Trinajstić information content (AvgIpc) is 2.29. The molecule has 0 spiro atoms. The first-order valence-corrected chi connectivity index (χ1v) is 7.12. The highest BCUT2D eigenvalue weighted by Crippen LogP contribution is 2.28. The molecule has 0 aromatic heterocycles. The Hall–Kier alpha value is -1.52. The molecule has 0 saturated carbocycles. The van der Waals surface area contributed by atoms with E-state index in [2.05, 4.69) is 10.0 Å². The van der Waals surface area contributed by atoms with E-state index in [-0.39, 0.29) is 6.54 Å². The first-order valence-electron chi connectivity index (χ1n) is 5.63. The molecule has 18 heavy (non-hydrogen) atoms. The van der Waals surface area contributed by atoms with Crippen LogP contribution in [0.15, 0.2) is 34.3 Å². The largest absolute Gasteiger partial charge is 0.223 e. The highest BCUT2D eigenvalue weighted by molar-refractivity contribution is 7.92. The van der Waals surface area contributed by atoms with Crippen molar-refractivity contribution >= 4 is 9.84 Å². The predicted molar refractivity (Wildman–Crippen MR) is 71.1 cm³/mol. The molecule has 6 heteroatoms. The fourth-order valence-corrected chi connectivity index (χ4v) is 3.20. The van der Waals surface area contributed by atoms with Crippen LogP contribution in [0, 0.1) is 6.92 Å². The van der Waals surface area contributed by atoms with Crippen molar-refractivity contribution in [3.05, 3.63) is 40.3 Å². The van der Waals surface area contributed by atoms with Gasteiger partial charge in [-0.15, -0.1) is 0 Å². The molecule has 98 valence electrons. The van der Waals surface area contributed by atoms with Crippen molar-refractivity contribution in [2.75, 3.05) is 6.54 Å². The van der Waals surface area contributed by atoms with Gasteiger partial charge in [0.25, 0.3) is 0 Å². The molecule has 1 aromatic carbocycles. The van der Waals surface area contributed by atoms with Crippen LogP contribution in [-0.2, 0) is 9.84 Å². The van der Waals surface area contributed by atoms with Crippen LogP contribution in [-0.4, -0.2) is 19.7 Å². The van der Waals surface area contributed by atoms with Crippen molar-refractivity contribution < 1.29 is 8.42 Å². The summed E-state index contributed by atoms with van der Waals surface area (Å²) in [6, 6.07) is 6.83. The zero-order valence-corrected chi connectivity index (χ0v) is 11.6. The molecule has 0 bridgehead atoms. The number of hydrogen-bond acceptors (Lipinski definition) is 3. The van der Waals surface area contributed by atoms with Crippen LogP contribution in [0.3, 0.4) is 0 Å². The van der Waals surface area contributed by atoms with E-state index in [1.807, 2.05) is 13.0 Å². The van der Waals surface area contributed by atoms with E-state index in [4.69, 9.17) is 5.53 Å². The van der Waals surface area contributed by atoms with Gasteiger partial charge in [-0.3, -0.25) is 0 Å². The summed E-state index contributed by atoms with van der Waals surface area (Å²) in [4.78, 5) is 2.95. The molecule has 0 saturated heterocycles. The van der Waals surface area contributed by atoms with E-state index in [1.54, 1.807) is 32.0 Å². The number of rotatable bonds is 5. The molecule has 0 atom stereocenters. The van der Waals surface area contributed by atoms with Crippen LogP contribution < -0.4 is 0 Å². The molecular formula is C12H17N3O2S. The van der Waals surface area contributed by atoms with Gasteiger partial charge in [0.2, 0.25) is 0 Å². The van der Waals surface area contributed by atoms with Gasteiger partial charge in [0.05, 0.1) is 9.64 Å². The molecule has 5 nitrogen and oxygen atoms in total. The van der Waals surface area contributed by atoms with Crippen molar-refractivity contribution in [2.45, 2.75) is 36.8 Å². The van der Waals surface area contributed by atoms with Crippen LogP contribution in [0.25, 0.3) is 10.4 Å². The summed E-state index contributed by atoms with van der Waals surface area (Å²) in [5, 5.41) is 3.40. The number of hydrogen-bond donors (Lipinski definition) is 0. The van der Waals surface area contributed by atoms with Crippen molar-refractivity contribution in [3.63, 3.8) is 0 Å². The second-order valence-electron chi connectivity index (χ2n) is 4.78. The van der Waals surface area contributed by atoms with Gasteiger partial charge in [-0.05, 0) is 50.4 Å². The summed E-state index contributed by atoms with van der Waals surface area (Å²) in [7, 11) is -3.42. The highest BCUT2D eigenvalue weighted by atomic mass is 32.2. The zero-order chi connectivity index (χ0) is 13.8. The van der Waals surface area contributed by atoms with Crippen LogP contribution >= 0.6 is 0 Å². The van der Waals surface area contributed by atoms with Gasteiger partial charge in [-0.2, -0.15) is 0 Å². The third kappa shape index (κ3) is 3.03. The molecule has 0 aliphatic carbocycles. The Morgan fingerprint density at radius 1 is 1.39 bits per heavy atom. The molecule has 0 aliphatic rings. The van der Waals surface area contributed by atoms with Gasteiger partial charge < -0.3 is 0 Å². The van der Waals surface area contributed by atoms with Gasteiger partial charge in [-0.1, -0.05) is 17.2 Å². The molecule has 1 aromatic rings. The monoisotopic (exact) mass is 267 g/mol. The van der Waals surface area contributed by atoms with Crippen LogP contribution in [0.5, 0.6) is 0 Å². The lowest BCUT2D eigenvalue weighted by Crippen LogP contribution is -2.32. The lowest BCUT2D eigenvalue weighted by atomic mass is 10.1. The SMILES string of the molecule is Cc1cccc(S(=O)(=O)C(C)(C)CCN=[N+]=[N-])c1. The molecule has 0 N–H and O–H groups in total. The molecule has 0 fully saturated rings. The molecule has 0 amide bonds. The van der Waals surface area contributed by atoms with E-state index in [0.29, 0.717) is 11.3 Å². The molecule has 1 rings (SSSR count). The normalized spacial score (nSPS) is 11.9. The first kappa shape index (κ1) is 14.5. The van der Waals surface area contributed by atoms with Crippen molar-refractivity contribution in [3.8, 4) is 0 Å². The van der Waals surface area contributed by atoms with E-state index >= 15 is 0 Å². The maximum atomic E-state index is 12.5. The first-order chi connectivity index (χ1) is 8.31. The predicted octanol–water partition coefficient (Wildman–Crippen LogP) is 3.25. The molecule has 0 unspecified atom stereocenters. The number of nitrogens with zero attached hydrogens (tertiary/aromatic N) is 3. The molecular weight excluding hydrogens is 250 g/mol. The maximum absolute atomic E-state index is 12.5. The lowest BCUT2D eigenvalue weighted by Gasteiger charge is -2.24. The fourth-order valence-electron chi connectivity index (χ4n) is 1.60. The maximum Gasteiger partial charge on any atom is 0.183 e. The van der Waals surface area contributed by atoms with Gasteiger partial charge in [-0.25, -0.2) is 8.42 Å². The van der Waals surface area contributed by atoms with Crippen molar-refractivity contribution in [1.29, 1.82) is 0 Å². The summed E-state index contributed by atoms with van der Waals surface area (Å²) in [6.45, 7) is 5.33. The summed E-state index contributed by atoms with van der Waals surface area (Å²) < 4.78 is 24.0. The third-order valence-electron chi connectivity index (χ3n) is 2.90. The number of aryl methyl sites for hydroxylation is 1. The summed E-state index contributed by atoms with van der Waals surface area (Å²) in [5.74, 6) is 0. The Morgan fingerprint density at radius 3 is 2.61 bits per heavy atom. The van der Waals surface area contributed by atoms with Crippen molar-refractivity contribution in [1.82, 2.24) is 0 Å². The van der Waals surface area contributed by atoms with Crippen LogP contribution in [0.4, 0.5) is 0 Å². The Morgan fingerprint density at radius 2 is 2.06 bits per heavy atom. The van der Waals surface area contributed by atoms with Crippen LogP contribution in [0.1, 0.15) is 25.8 Å². The minimum atomic E-state index is -3.42. The van der Waals surface area contributed by atoms with Crippen LogP contribution in [0.2, 0.25) is 0 Å². The topological polar surface area (TPSA) is 82.9 Å². The quantitative estimate of drug-likeness (QED) is 0.466. The second kappa shape index (κ2) is 5.42. The standard InChI is InChI=1S/C12H17N3O2S/c1-10-5-4-6-11(9-10)18(16,17)12(2,3)7-8-14-15-13/h4-6,9H,7-8H2,1-3H3. The van der Waals surface area contributed by atoms with Gasteiger partial charge in [0.15, 0.2) is 9.84 Å². The highest BCUT2D eigenvalue weighted by Gasteiger charge is 2.34. The smallest absolute Gasteiger partial charge is 0.183 e. The summed E-state index contributed by atoms with van der Waals surface area (Å²) >= 11 is 0. The van der Waals surface area contributed by atoms with Gasteiger partial charge >= 0.3 is 0 Å². The Labute approximate surface area is 107 Å². The third-order valence-corrected chi connectivity index (χ3v) is 5.44. The van der Waals surface area contributed by atoms with Gasteiger partial charge in [0.1, 0.15) is 0 Å². The minimum absolute atomic E-state index is 0.175. The number of sulfone groups is 1. The summed E-state index contributed by atoms with van der Waals surface area (Å²) in [6.07, 6.45) is 0.299.